The van der Waals surface area contributed by atoms with Crippen LogP contribution in [0.3, 0.4) is 0 Å². The molecule has 24 heavy (non-hydrogen) atoms. The summed E-state index contributed by atoms with van der Waals surface area (Å²) in [4.78, 5) is 21.3. The molecule has 2 aliphatic rings. The Balaban J connectivity index is 1.68. The standard InChI is InChI=1S/C18H23ClN4O/c1-13-4-7-22(8-5-13)18(24)15-3-2-6-23(12-15)17-16(19)9-14(10-20)11-21-17/h9,11,13,15H,2-8,12H2,1H3/t15-/m1/s1. The topological polar surface area (TPSA) is 60.2 Å². The number of carbonyl (C=O) groups is 1. The SMILES string of the molecule is CC1CCN(C(=O)[C@@H]2CCCN(c3ncc(C#N)cc3Cl)C2)CC1. The fraction of sp³-hybridized carbons (Fsp3) is 0.611. The average Bonchev–Trinajstić information content (AvgIpc) is 2.61. The fourth-order valence-electron chi connectivity index (χ4n) is 3.58. The van der Waals surface area contributed by atoms with Gasteiger partial charge in [-0.3, -0.25) is 4.79 Å². The van der Waals surface area contributed by atoms with E-state index in [9.17, 15) is 4.79 Å². The predicted molar refractivity (Wildman–Crippen MR) is 93.9 cm³/mol. The molecule has 0 N–H and O–H groups in total. The largest absolute Gasteiger partial charge is 0.355 e. The van der Waals surface area contributed by atoms with Gasteiger partial charge in [0.25, 0.3) is 0 Å². The zero-order valence-electron chi connectivity index (χ0n) is 14.0. The minimum atomic E-state index is 0.0145. The molecule has 2 saturated heterocycles. The van der Waals surface area contributed by atoms with Crippen molar-refractivity contribution >= 4 is 23.3 Å². The number of likely N-dealkylation sites (tertiary alicyclic amines) is 1. The lowest BCUT2D eigenvalue weighted by Crippen LogP contribution is -2.47. The van der Waals surface area contributed by atoms with E-state index in [1.807, 2.05) is 11.0 Å². The van der Waals surface area contributed by atoms with E-state index in [0.29, 0.717) is 22.9 Å². The van der Waals surface area contributed by atoms with Gasteiger partial charge in [-0.05, 0) is 37.7 Å². The third kappa shape index (κ3) is 3.64. The molecule has 0 saturated carbocycles. The first-order valence-corrected chi connectivity index (χ1v) is 9.05. The van der Waals surface area contributed by atoms with Gasteiger partial charge < -0.3 is 9.80 Å². The number of carbonyl (C=O) groups excluding carboxylic acids is 1. The van der Waals surface area contributed by atoms with Crippen LogP contribution in [0.4, 0.5) is 5.82 Å². The summed E-state index contributed by atoms with van der Waals surface area (Å²) in [6, 6.07) is 3.69. The molecule has 128 valence electrons. The maximum absolute atomic E-state index is 12.8. The number of amides is 1. The van der Waals surface area contributed by atoms with E-state index in [-0.39, 0.29) is 11.8 Å². The lowest BCUT2D eigenvalue weighted by atomic mass is 9.93. The monoisotopic (exact) mass is 346 g/mol. The minimum absolute atomic E-state index is 0.0145. The summed E-state index contributed by atoms with van der Waals surface area (Å²) in [5, 5.41) is 9.41. The number of anilines is 1. The van der Waals surface area contributed by atoms with Gasteiger partial charge in [0.1, 0.15) is 11.9 Å². The quantitative estimate of drug-likeness (QED) is 0.825. The fourth-order valence-corrected chi connectivity index (χ4v) is 3.87. The van der Waals surface area contributed by atoms with Crippen LogP contribution in [0.25, 0.3) is 0 Å². The number of hydrogen-bond acceptors (Lipinski definition) is 4. The number of piperidine rings is 2. The molecule has 0 aromatic carbocycles. The van der Waals surface area contributed by atoms with Crippen LogP contribution in [0.2, 0.25) is 5.02 Å². The first-order chi connectivity index (χ1) is 11.6. The molecule has 5 nitrogen and oxygen atoms in total. The van der Waals surface area contributed by atoms with Crippen molar-refractivity contribution in [3.05, 3.63) is 22.8 Å². The summed E-state index contributed by atoms with van der Waals surface area (Å²) >= 11 is 6.28. The lowest BCUT2D eigenvalue weighted by molar-refractivity contribution is -0.137. The highest BCUT2D eigenvalue weighted by Gasteiger charge is 2.31. The van der Waals surface area contributed by atoms with Crippen molar-refractivity contribution in [1.29, 1.82) is 5.26 Å². The molecule has 0 bridgehead atoms. The first kappa shape index (κ1) is 17.0. The molecular formula is C18H23ClN4O. The molecule has 1 aromatic heterocycles. The Bertz CT molecular complexity index is 649. The van der Waals surface area contributed by atoms with Gasteiger partial charge in [-0.2, -0.15) is 5.26 Å². The normalized spacial score (nSPS) is 22.3. The van der Waals surface area contributed by atoms with E-state index in [2.05, 4.69) is 16.8 Å². The molecule has 3 rings (SSSR count). The summed E-state index contributed by atoms with van der Waals surface area (Å²) < 4.78 is 0. The first-order valence-electron chi connectivity index (χ1n) is 8.68. The molecule has 6 heteroatoms. The van der Waals surface area contributed by atoms with Crippen molar-refractivity contribution in [2.45, 2.75) is 32.6 Å². The maximum atomic E-state index is 12.8. The second-order valence-electron chi connectivity index (χ2n) is 6.93. The van der Waals surface area contributed by atoms with Gasteiger partial charge in [0.2, 0.25) is 5.91 Å². The number of pyridine rings is 1. The van der Waals surface area contributed by atoms with Crippen LogP contribution in [0.15, 0.2) is 12.3 Å². The molecule has 2 aliphatic heterocycles. The second-order valence-corrected chi connectivity index (χ2v) is 7.34. The number of halogens is 1. The second kappa shape index (κ2) is 7.40. The number of hydrogen-bond donors (Lipinski definition) is 0. The van der Waals surface area contributed by atoms with E-state index in [0.717, 1.165) is 51.2 Å². The lowest BCUT2D eigenvalue weighted by Gasteiger charge is -2.38. The van der Waals surface area contributed by atoms with Crippen LogP contribution in [-0.4, -0.2) is 42.0 Å². The van der Waals surface area contributed by atoms with Crippen molar-refractivity contribution in [3.8, 4) is 6.07 Å². The van der Waals surface area contributed by atoms with Gasteiger partial charge in [-0.1, -0.05) is 18.5 Å². The maximum Gasteiger partial charge on any atom is 0.227 e. The number of rotatable bonds is 2. The molecular weight excluding hydrogens is 324 g/mol. The third-order valence-corrected chi connectivity index (χ3v) is 5.39. The number of aromatic nitrogens is 1. The molecule has 1 aromatic rings. The average molecular weight is 347 g/mol. The Hall–Kier alpha value is -1.80. The molecule has 2 fully saturated rings. The highest BCUT2D eigenvalue weighted by Crippen LogP contribution is 2.29. The highest BCUT2D eigenvalue weighted by atomic mass is 35.5. The molecule has 1 amide bonds. The van der Waals surface area contributed by atoms with Crippen molar-refractivity contribution in [2.75, 3.05) is 31.1 Å². The van der Waals surface area contributed by atoms with E-state index < -0.39 is 0 Å². The van der Waals surface area contributed by atoms with Gasteiger partial charge in [0.15, 0.2) is 0 Å². The van der Waals surface area contributed by atoms with Crippen LogP contribution in [0, 0.1) is 23.2 Å². The van der Waals surface area contributed by atoms with Crippen LogP contribution >= 0.6 is 11.6 Å². The molecule has 0 radical (unpaired) electrons. The Morgan fingerprint density at radius 2 is 2.08 bits per heavy atom. The van der Waals surface area contributed by atoms with Crippen LogP contribution in [-0.2, 0) is 4.79 Å². The summed E-state index contributed by atoms with van der Waals surface area (Å²) in [5.74, 6) is 1.69. The molecule has 0 spiro atoms. The van der Waals surface area contributed by atoms with E-state index in [4.69, 9.17) is 16.9 Å². The predicted octanol–water partition coefficient (Wildman–Crippen LogP) is 3.08. The zero-order valence-corrected chi connectivity index (χ0v) is 14.8. The Labute approximate surface area is 148 Å². The van der Waals surface area contributed by atoms with Crippen LogP contribution in [0.1, 0.15) is 38.2 Å². The molecule has 0 aliphatic carbocycles. The van der Waals surface area contributed by atoms with Crippen molar-refractivity contribution in [2.24, 2.45) is 11.8 Å². The van der Waals surface area contributed by atoms with Crippen molar-refractivity contribution in [1.82, 2.24) is 9.88 Å². The van der Waals surface area contributed by atoms with E-state index in [1.165, 1.54) is 0 Å². The Kier molecular flexibility index (Phi) is 5.25. The summed E-state index contributed by atoms with van der Waals surface area (Å²) in [5.41, 5.74) is 0.454. The van der Waals surface area contributed by atoms with Crippen LogP contribution < -0.4 is 4.90 Å². The van der Waals surface area contributed by atoms with Gasteiger partial charge in [-0.25, -0.2) is 4.98 Å². The zero-order chi connectivity index (χ0) is 17.1. The number of nitrogens with zero attached hydrogens (tertiary/aromatic N) is 4. The summed E-state index contributed by atoms with van der Waals surface area (Å²) in [7, 11) is 0. The Morgan fingerprint density at radius 3 is 2.75 bits per heavy atom. The van der Waals surface area contributed by atoms with Gasteiger partial charge in [-0.15, -0.1) is 0 Å². The Morgan fingerprint density at radius 1 is 1.33 bits per heavy atom. The molecule has 3 heterocycles. The smallest absolute Gasteiger partial charge is 0.227 e. The van der Waals surface area contributed by atoms with Crippen molar-refractivity contribution in [3.63, 3.8) is 0 Å². The minimum Gasteiger partial charge on any atom is -0.355 e. The van der Waals surface area contributed by atoms with Gasteiger partial charge in [0, 0.05) is 32.4 Å². The van der Waals surface area contributed by atoms with E-state index in [1.54, 1.807) is 12.3 Å². The highest BCUT2D eigenvalue weighted by molar-refractivity contribution is 6.33. The summed E-state index contributed by atoms with van der Waals surface area (Å²) in [6.45, 7) is 5.52. The number of nitriles is 1. The van der Waals surface area contributed by atoms with Gasteiger partial charge >= 0.3 is 0 Å². The van der Waals surface area contributed by atoms with Gasteiger partial charge in [0.05, 0.1) is 16.5 Å². The summed E-state index contributed by atoms with van der Waals surface area (Å²) in [6.07, 6.45) is 5.63. The third-order valence-electron chi connectivity index (χ3n) is 5.12. The van der Waals surface area contributed by atoms with Crippen molar-refractivity contribution < 1.29 is 4.79 Å². The van der Waals surface area contributed by atoms with E-state index >= 15 is 0 Å². The van der Waals surface area contributed by atoms with Crippen LogP contribution in [0.5, 0.6) is 0 Å². The molecule has 1 atom stereocenters. The molecule has 0 unspecified atom stereocenters.